The van der Waals surface area contributed by atoms with Gasteiger partial charge in [0.15, 0.2) is 5.16 Å². The van der Waals surface area contributed by atoms with E-state index < -0.39 is 0 Å². The van der Waals surface area contributed by atoms with Crippen LogP contribution in [0.15, 0.2) is 52.4 Å². The maximum atomic E-state index is 13.3. The maximum Gasteiger partial charge on any atom is 0.266 e. The number of hydrogen-bond donors (Lipinski definition) is 1. The van der Waals surface area contributed by atoms with E-state index in [0.717, 1.165) is 29.7 Å². The Balaban J connectivity index is 2.03. The van der Waals surface area contributed by atoms with Gasteiger partial charge < -0.3 is 5.32 Å². The number of carbonyl (C=O) groups is 1. The van der Waals surface area contributed by atoms with Crippen molar-refractivity contribution in [1.82, 2.24) is 14.9 Å². The predicted molar refractivity (Wildman–Crippen MR) is 120 cm³/mol. The number of para-hydroxylation sites is 1. The van der Waals surface area contributed by atoms with Gasteiger partial charge in [-0.25, -0.2) is 4.98 Å². The first-order chi connectivity index (χ1) is 13.9. The van der Waals surface area contributed by atoms with Gasteiger partial charge in [-0.05, 0) is 50.5 Å². The van der Waals surface area contributed by atoms with E-state index in [9.17, 15) is 9.59 Å². The van der Waals surface area contributed by atoms with Gasteiger partial charge in [0.05, 0.1) is 22.3 Å². The number of nitrogens with one attached hydrogen (secondary N) is 1. The molecule has 0 radical (unpaired) electrons. The van der Waals surface area contributed by atoms with Crippen LogP contribution in [0.2, 0.25) is 0 Å². The molecule has 0 bridgehead atoms. The Morgan fingerprint density at radius 1 is 1.14 bits per heavy atom. The summed E-state index contributed by atoms with van der Waals surface area (Å²) in [5.41, 5.74) is 3.44. The molecule has 0 saturated heterocycles. The third kappa shape index (κ3) is 4.70. The van der Waals surface area contributed by atoms with E-state index in [-0.39, 0.29) is 23.3 Å². The van der Waals surface area contributed by atoms with E-state index in [4.69, 9.17) is 4.98 Å². The molecular formula is C23H27N3O2S. The van der Waals surface area contributed by atoms with Gasteiger partial charge in [-0.1, -0.05) is 55.4 Å². The van der Waals surface area contributed by atoms with Crippen LogP contribution in [0.1, 0.15) is 37.8 Å². The van der Waals surface area contributed by atoms with E-state index >= 15 is 0 Å². The third-order valence-corrected chi connectivity index (χ3v) is 5.96. The summed E-state index contributed by atoms with van der Waals surface area (Å²) >= 11 is 1.29. The summed E-state index contributed by atoms with van der Waals surface area (Å²) in [6.45, 7) is 8.13. The van der Waals surface area contributed by atoms with Gasteiger partial charge in [-0.2, -0.15) is 0 Å². The minimum Gasteiger partial charge on any atom is -0.353 e. The number of rotatable bonds is 7. The molecule has 29 heavy (non-hydrogen) atoms. The minimum atomic E-state index is -0.120. The molecule has 0 spiro atoms. The summed E-state index contributed by atoms with van der Waals surface area (Å²) in [7, 11) is 0. The normalized spacial score (nSPS) is 11.2. The molecule has 1 amide bonds. The fraction of sp³-hybridized carbons (Fsp3) is 0.348. The van der Waals surface area contributed by atoms with Gasteiger partial charge in [0.2, 0.25) is 5.91 Å². The second kappa shape index (κ2) is 9.27. The Labute approximate surface area is 175 Å². The number of benzene rings is 2. The molecule has 0 saturated carbocycles. The highest BCUT2D eigenvalue weighted by molar-refractivity contribution is 7.99. The molecule has 0 aliphatic rings. The molecule has 0 fully saturated rings. The van der Waals surface area contributed by atoms with Crippen molar-refractivity contribution in [3.05, 3.63) is 63.9 Å². The van der Waals surface area contributed by atoms with Crippen LogP contribution in [0.3, 0.4) is 0 Å². The second-order valence-electron chi connectivity index (χ2n) is 7.21. The first-order valence-electron chi connectivity index (χ1n) is 9.96. The molecule has 0 aliphatic carbocycles. The number of nitrogens with zero attached hydrogens (tertiary/aromatic N) is 2. The highest BCUT2D eigenvalue weighted by Gasteiger charge is 2.17. The summed E-state index contributed by atoms with van der Waals surface area (Å²) in [5.74, 6) is 0.171. The smallest absolute Gasteiger partial charge is 0.266 e. The number of thioether (sulfide) groups is 1. The second-order valence-corrected chi connectivity index (χ2v) is 8.15. The maximum absolute atomic E-state index is 13.3. The van der Waals surface area contributed by atoms with Crippen molar-refractivity contribution in [2.24, 2.45) is 0 Å². The molecule has 2 aromatic carbocycles. The average Bonchev–Trinajstić information content (AvgIpc) is 2.71. The first kappa shape index (κ1) is 21.1. The lowest BCUT2D eigenvalue weighted by Crippen LogP contribution is -2.35. The SMILES string of the molecule is CCC(CC)NC(=O)CSc1nc2ccccc2c(=O)n1-c1ccc(C)cc1C. The number of amides is 1. The van der Waals surface area contributed by atoms with Crippen molar-refractivity contribution in [2.75, 3.05) is 5.75 Å². The summed E-state index contributed by atoms with van der Waals surface area (Å²) in [6, 6.07) is 13.5. The zero-order valence-electron chi connectivity index (χ0n) is 17.4. The summed E-state index contributed by atoms with van der Waals surface area (Å²) in [6.07, 6.45) is 1.79. The number of carbonyl (C=O) groups excluding carboxylic acids is 1. The van der Waals surface area contributed by atoms with Crippen molar-refractivity contribution in [3.63, 3.8) is 0 Å². The van der Waals surface area contributed by atoms with Crippen LogP contribution in [-0.2, 0) is 4.79 Å². The van der Waals surface area contributed by atoms with Crippen molar-refractivity contribution < 1.29 is 4.79 Å². The standard InChI is InChI=1S/C23H27N3O2S/c1-5-17(6-2)24-21(27)14-29-23-25-19-10-8-7-9-18(19)22(28)26(23)20-12-11-15(3)13-16(20)4/h7-13,17H,5-6,14H2,1-4H3,(H,24,27). The van der Waals surface area contributed by atoms with Gasteiger partial charge in [0.25, 0.3) is 5.56 Å². The van der Waals surface area contributed by atoms with Crippen LogP contribution in [-0.4, -0.2) is 27.3 Å². The fourth-order valence-electron chi connectivity index (χ4n) is 3.37. The molecule has 0 aliphatic heterocycles. The molecule has 3 aromatic rings. The van der Waals surface area contributed by atoms with E-state index in [1.165, 1.54) is 11.8 Å². The molecule has 152 valence electrons. The zero-order chi connectivity index (χ0) is 21.0. The summed E-state index contributed by atoms with van der Waals surface area (Å²) in [4.78, 5) is 30.4. The van der Waals surface area contributed by atoms with Crippen LogP contribution < -0.4 is 10.9 Å². The monoisotopic (exact) mass is 409 g/mol. The molecule has 3 rings (SSSR count). The quantitative estimate of drug-likeness (QED) is 0.464. The molecule has 0 atom stereocenters. The number of aromatic nitrogens is 2. The molecule has 6 heteroatoms. The molecule has 0 unspecified atom stereocenters. The Kier molecular flexibility index (Phi) is 6.75. The van der Waals surface area contributed by atoms with Crippen LogP contribution in [0.5, 0.6) is 0 Å². The Morgan fingerprint density at radius 3 is 2.55 bits per heavy atom. The average molecular weight is 410 g/mol. The van der Waals surface area contributed by atoms with Gasteiger partial charge in [-0.15, -0.1) is 0 Å². The minimum absolute atomic E-state index is 0.0433. The highest BCUT2D eigenvalue weighted by atomic mass is 32.2. The summed E-state index contributed by atoms with van der Waals surface area (Å²) < 4.78 is 1.63. The zero-order valence-corrected chi connectivity index (χ0v) is 18.2. The number of fused-ring (bicyclic) bond motifs is 1. The topological polar surface area (TPSA) is 64.0 Å². The highest BCUT2D eigenvalue weighted by Crippen LogP contribution is 2.23. The molecular weight excluding hydrogens is 382 g/mol. The predicted octanol–water partition coefficient (Wildman–Crippen LogP) is 4.40. The Morgan fingerprint density at radius 2 is 1.86 bits per heavy atom. The van der Waals surface area contributed by atoms with Crippen molar-refractivity contribution in [2.45, 2.75) is 51.7 Å². The lowest BCUT2D eigenvalue weighted by molar-refractivity contribution is -0.119. The lowest BCUT2D eigenvalue weighted by atomic mass is 10.1. The van der Waals surface area contributed by atoms with Crippen molar-refractivity contribution in [1.29, 1.82) is 0 Å². The Bertz CT molecular complexity index is 1090. The summed E-state index contributed by atoms with van der Waals surface area (Å²) in [5, 5.41) is 4.14. The van der Waals surface area contributed by atoms with Gasteiger partial charge >= 0.3 is 0 Å². The number of hydrogen-bond acceptors (Lipinski definition) is 4. The molecule has 1 heterocycles. The molecule has 1 aromatic heterocycles. The van der Waals surface area contributed by atoms with Crippen molar-refractivity contribution >= 4 is 28.6 Å². The van der Waals surface area contributed by atoms with Crippen LogP contribution in [0, 0.1) is 13.8 Å². The largest absolute Gasteiger partial charge is 0.353 e. The van der Waals surface area contributed by atoms with E-state index in [1.807, 2.05) is 50.2 Å². The fourth-order valence-corrected chi connectivity index (χ4v) is 4.19. The van der Waals surface area contributed by atoms with E-state index in [2.05, 4.69) is 19.2 Å². The van der Waals surface area contributed by atoms with Crippen LogP contribution in [0.25, 0.3) is 16.6 Å². The Hall–Kier alpha value is -2.60. The third-order valence-electron chi connectivity index (χ3n) is 5.02. The van der Waals surface area contributed by atoms with Crippen molar-refractivity contribution in [3.8, 4) is 5.69 Å². The van der Waals surface area contributed by atoms with E-state index in [0.29, 0.717) is 16.1 Å². The van der Waals surface area contributed by atoms with Gasteiger partial charge in [0, 0.05) is 6.04 Å². The first-order valence-corrected chi connectivity index (χ1v) is 10.9. The molecule has 1 N–H and O–H groups in total. The van der Waals surface area contributed by atoms with Crippen LogP contribution >= 0.6 is 11.8 Å². The van der Waals surface area contributed by atoms with Crippen LogP contribution in [0.4, 0.5) is 0 Å². The van der Waals surface area contributed by atoms with Gasteiger partial charge in [0.1, 0.15) is 0 Å². The molecule has 5 nitrogen and oxygen atoms in total. The lowest BCUT2D eigenvalue weighted by Gasteiger charge is -2.17. The van der Waals surface area contributed by atoms with Gasteiger partial charge in [-0.3, -0.25) is 14.2 Å². The number of aryl methyl sites for hydroxylation is 2. The van der Waals surface area contributed by atoms with E-state index in [1.54, 1.807) is 10.6 Å².